The average Bonchev–Trinajstić information content (AvgIpc) is 2.90. The molecule has 0 fully saturated rings. The Morgan fingerprint density at radius 1 is 1.17 bits per heavy atom. The minimum absolute atomic E-state index is 0.141. The lowest BCUT2D eigenvalue weighted by atomic mass is 10.2. The molecule has 5 nitrogen and oxygen atoms in total. The van der Waals surface area contributed by atoms with E-state index in [4.69, 9.17) is 0 Å². The topological polar surface area (TPSA) is 59.4 Å². The number of nitrogens with zero attached hydrogens (tertiary/aromatic N) is 2. The number of benzene rings is 1. The van der Waals surface area contributed by atoms with Gasteiger partial charge < -0.3 is 4.57 Å². The maximum atomic E-state index is 13.0. The van der Waals surface area contributed by atoms with Gasteiger partial charge in [-0.3, -0.25) is 4.79 Å². The second-order valence-corrected chi connectivity index (χ2v) is 7.82. The number of Topliss-reactive ketones (excluding diaryl/α,β-unsaturated/α-hetero) is 1. The summed E-state index contributed by atoms with van der Waals surface area (Å²) in [7, 11) is -3.63. The van der Waals surface area contributed by atoms with Gasteiger partial charge in [0.1, 0.15) is 0 Å². The predicted octanol–water partition coefficient (Wildman–Crippen LogP) is 2.76. The van der Waals surface area contributed by atoms with Crippen molar-refractivity contribution in [1.82, 2.24) is 8.87 Å². The van der Waals surface area contributed by atoms with Crippen molar-refractivity contribution in [3.8, 4) is 0 Å². The summed E-state index contributed by atoms with van der Waals surface area (Å²) in [6, 6.07) is 10.0. The minimum atomic E-state index is -3.63. The number of carbonyl (C=O) groups excluding carboxylic acids is 1. The van der Waals surface area contributed by atoms with Crippen LogP contribution in [-0.2, 0) is 16.6 Å². The smallest absolute Gasteiger partial charge is 0.243 e. The Balaban J connectivity index is 2.01. The second-order valence-electron chi connectivity index (χ2n) is 5.93. The van der Waals surface area contributed by atoms with E-state index < -0.39 is 10.0 Å². The summed E-state index contributed by atoms with van der Waals surface area (Å²) in [6.45, 7) is 6.43. The molecular weight excluding hydrogens is 312 g/mol. The van der Waals surface area contributed by atoms with Gasteiger partial charge in [0, 0.05) is 30.0 Å². The monoisotopic (exact) mass is 332 g/mol. The molecule has 0 unspecified atom stereocenters. The molecule has 1 aromatic heterocycles. The zero-order valence-electron chi connectivity index (χ0n) is 13.5. The van der Waals surface area contributed by atoms with Crippen molar-refractivity contribution in [2.24, 2.45) is 0 Å². The number of aryl methyl sites for hydroxylation is 1. The molecule has 0 saturated carbocycles. The standard InChI is InChI=1S/C17H20N2O3S/c1-12-7-8-17-13(2)19(10-9-18(12)17)23(21,22)16-6-4-5-15(11-16)14(3)20/h4-8,11,13H,9-10H2,1-3H3/t13-/m1/s1. The van der Waals surface area contributed by atoms with Crippen LogP contribution in [0.5, 0.6) is 0 Å². The SMILES string of the molecule is CC(=O)c1cccc(S(=O)(=O)N2CCn3c(C)ccc3[C@H]2C)c1. The molecule has 0 radical (unpaired) electrons. The van der Waals surface area contributed by atoms with E-state index in [9.17, 15) is 13.2 Å². The van der Waals surface area contributed by atoms with E-state index in [0.717, 1.165) is 11.4 Å². The lowest BCUT2D eigenvalue weighted by Crippen LogP contribution is -2.41. The van der Waals surface area contributed by atoms with Crippen LogP contribution in [0.4, 0.5) is 0 Å². The fourth-order valence-electron chi connectivity index (χ4n) is 3.14. The molecule has 1 aliphatic heterocycles. The highest BCUT2D eigenvalue weighted by molar-refractivity contribution is 7.89. The first-order chi connectivity index (χ1) is 10.8. The van der Waals surface area contributed by atoms with E-state index in [2.05, 4.69) is 4.57 Å². The molecular formula is C17H20N2O3S. The van der Waals surface area contributed by atoms with Gasteiger partial charge in [0.2, 0.25) is 10.0 Å². The van der Waals surface area contributed by atoms with Crippen LogP contribution in [-0.4, -0.2) is 29.6 Å². The van der Waals surface area contributed by atoms with E-state index in [0.29, 0.717) is 18.7 Å². The number of fused-ring (bicyclic) bond motifs is 1. The van der Waals surface area contributed by atoms with Crippen LogP contribution in [0.25, 0.3) is 0 Å². The van der Waals surface area contributed by atoms with Crippen LogP contribution in [0.1, 0.15) is 41.6 Å². The van der Waals surface area contributed by atoms with Gasteiger partial charge in [0.15, 0.2) is 5.78 Å². The largest absolute Gasteiger partial charge is 0.346 e. The van der Waals surface area contributed by atoms with Crippen molar-refractivity contribution < 1.29 is 13.2 Å². The molecule has 122 valence electrons. The molecule has 0 bridgehead atoms. The third-order valence-corrected chi connectivity index (χ3v) is 6.45. The van der Waals surface area contributed by atoms with Crippen LogP contribution in [0.3, 0.4) is 0 Å². The summed E-state index contributed by atoms with van der Waals surface area (Å²) >= 11 is 0. The van der Waals surface area contributed by atoms with Crippen molar-refractivity contribution >= 4 is 15.8 Å². The summed E-state index contributed by atoms with van der Waals surface area (Å²) in [5, 5.41) is 0. The van der Waals surface area contributed by atoms with Crippen LogP contribution < -0.4 is 0 Å². The van der Waals surface area contributed by atoms with Gasteiger partial charge in [-0.15, -0.1) is 0 Å². The molecule has 3 rings (SSSR count). The summed E-state index contributed by atoms with van der Waals surface area (Å²) in [4.78, 5) is 11.7. The number of ketones is 1. The molecule has 2 aromatic rings. The van der Waals surface area contributed by atoms with E-state index in [1.54, 1.807) is 18.2 Å². The molecule has 0 amide bonds. The molecule has 1 atom stereocenters. The van der Waals surface area contributed by atoms with E-state index >= 15 is 0 Å². The highest BCUT2D eigenvalue weighted by Gasteiger charge is 2.34. The van der Waals surface area contributed by atoms with Crippen LogP contribution >= 0.6 is 0 Å². The minimum Gasteiger partial charge on any atom is -0.346 e. The van der Waals surface area contributed by atoms with Crippen molar-refractivity contribution in [2.45, 2.75) is 38.3 Å². The molecule has 1 aromatic carbocycles. The maximum absolute atomic E-state index is 13.0. The maximum Gasteiger partial charge on any atom is 0.243 e. The summed E-state index contributed by atoms with van der Waals surface area (Å²) in [5.41, 5.74) is 2.55. The Morgan fingerprint density at radius 2 is 1.91 bits per heavy atom. The van der Waals surface area contributed by atoms with Crippen LogP contribution in [0.2, 0.25) is 0 Å². The fraction of sp³-hybridized carbons (Fsp3) is 0.353. The third kappa shape index (κ3) is 2.62. The molecule has 6 heteroatoms. The molecule has 23 heavy (non-hydrogen) atoms. The van der Waals surface area contributed by atoms with Gasteiger partial charge in [0.25, 0.3) is 0 Å². The second kappa shape index (κ2) is 5.62. The fourth-order valence-corrected chi connectivity index (χ4v) is 4.78. The van der Waals surface area contributed by atoms with Crippen LogP contribution in [0.15, 0.2) is 41.3 Å². The number of aromatic nitrogens is 1. The lowest BCUT2D eigenvalue weighted by molar-refractivity contribution is 0.101. The zero-order valence-corrected chi connectivity index (χ0v) is 14.3. The Morgan fingerprint density at radius 3 is 2.61 bits per heavy atom. The van der Waals surface area contributed by atoms with E-state index in [1.807, 2.05) is 26.0 Å². The number of rotatable bonds is 3. The van der Waals surface area contributed by atoms with Crippen molar-refractivity contribution in [3.63, 3.8) is 0 Å². The molecule has 2 heterocycles. The number of hydrogen-bond acceptors (Lipinski definition) is 3. The quantitative estimate of drug-likeness (QED) is 0.812. The summed E-state index contributed by atoms with van der Waals surface area (Å²) in [6.07, 6.45) is 0. The lowest BCUT2D eigenvalue weighted by Gasteiger charge is -2.34. The highest BCUT2D eigenvalue weighted by Crippen LogP contribution is 2.32. The van der Waals surface area contributed by atoms with Gasteiger partial charge in [-0.2, -0.15) is 4.31 Å². The van der Waals surface area contributed by atoms with Crippen molar-refractivity contribution in [2.75, 3.05) is 6.54 Å². The molecule has 0 aliphatic carbocycles. The Bertz CT molecular complexity index is 868. The van der Waals surface area contributed by atoms with Crippen LogP contribution in [0, 0.1) is 6.92 Å². The first-order valence-electron chi connectivity index (χ1n) is 7.61. The van der Waals surface area contributed by atoms with Gasteiger partial charge in [0.05, 0.1) is 10.9 Å². The Kier molecular flexibility index (Phi) is 3.90. The first kappa shape index (κ1) is 16.0. The van der Waals surface area contributed by atoms with Gasteiger partial charge in [-0.25, -0.2) is 8.42 Å². The predicted molar refractivity (Wildman–Crippen MR) is 87.9 cm³/mol. The summed E-state index contributed by atoms with van der Waals surface area (Å²) < 4.78 is 29.7. The molecule has 0 N–H and O–H groups in total. The van der Waals surface area contributed by atoms with Gasteiger partial charge in [-0.05, 0) is 45.0 Å². The molecule has 0 spiro atoms. The normalized spacial score (nSPS) is 18.7. The molecule has 0 saturated heterocycles. The Labute approximate surface area is 136 Å². The van der Waals surface area contributed by atoms with E-state index in [1.165, 1.54) is 17.3 Å². The third-order valence-electron chi connectivity index (χ3n) is 4.48. The van der Waals surface area contributed by atoms with Crippen molar-refractivity contribution in [3.05, 3.63) is 53.3 Å². The van der Waals surface area contributed by atoms with Crippen molar-refractivity contribution in [1.29, 1.82) is 0 Å². The number of sulfonamides is 1. The highest BCUT2D eigenvalue weighted by atomic mass is 32.2. The number of hydrogen-bond donors (Lipinski definition) is 0. The van der Waals surface area contributed by atoms with E-state index in [-0.39, 0.29) is 16.7 Å². The summed E-state index contributed by atoms with van der Waals surface area (Å²) in [5.74, 6) is -0.141. The van der Waals surface area contributed by atoms with Gasteiger partial charge >= 0.3 is 0 Å². The zero-order chi connectivity index (χ0) is 16.8. The molecule has 1 aliphatic rings. The number of carbonyl (C=O) groups is 1. The Hall–Kier alpha value is -1.92. The average molecular weight is 332 g/mol. The van der Waals surface area contributed by atoms with Gasteiger partial charge in [-0.1, -0.05) is 12.1 Å². The first-order valence-corrected chi connectivity index (χ1v) is 9.05.